The monoisotopic (exact) mass is 346 g/mol. The Morgan fingerprint density at radius 1 is 0.885 bits per heavy atom. The Morgan fingerprint density at radius 2 is 1.65 bits per heavy atom. The average molecular weight is 346 g/mol. The molecule has 0 bridgehead atoms. The van der Waals surface area contributed by atoms with Gasteiger partial charge in [0.05, 0.1) is 0 Å². The molecule has 0 saturated heterocycles. The van der Waals surface area contributed by atoms with Gasteiger partial charge in [0.1, 0.15) is 23.6 Å². The number of hydrogen-bond acceptors (Lipinski definition) is 5. The van der Waals surface area contributed by atoms with Crippen LogP contribution in [-0.2, 0) is 0 Å². The Kier molecular flexibility index (Phi) is 4.07. The van der Waals surface area contributed by atoms with E-state index < -0.39 is 0 Å². The zero-order valence-corrected chi connectivity index (χ0v) is 13.7. The fourth-order valence-corrected chi connectivity index (χ4v) is 2.57. The van der Waals surface area contributed by atoms with Crippen molar-refractivity contribution in [1.29, 1.82) is 0 Å². The third-order valence-electron chi connectivity index (χ3n) is 3.89. The van der Waals surface area contributed by atoms with Crippen molar-refractivity contribution in [2.75, 3.05) is 11.1 Å². The molecule has 3 N–H and O–H groups in total. The zero-order chi connectivity index (χ0) is 17.9. The number of rotatable bonds is 4. The number of hydrogen-bond donors (Lipinski definition) is 2. The SMILES string of the molecule is Nc1c(Nc2ccc(F)cc2)ncnc1Oc1ccc2ccccc2c1. The van der Waals surface area contributed by atoms with Crippen LogP contribution in [0.4, 0.5) is 21.6 Å². The molecule has 0 unspecified atom stereocenters. The van der Waals surface area contributed by atoms with Gasteiger partial charge in [-0.2, -0.15) is 4.98 Å². The lowest BCUT2D eigenvalue weighted by atomic mass is 10.1. The highest BCUT2D eigenvalue weighted by Gasteiger charge is 2.11. The second-order valence-electron chi connectivity index (χ2n) is 5.68. The fraction of sp³-hybridized carbons (Fsp3) is 0. The van der Waals surface area contributed by atoms with Gasteiger partial charge in [0.2, 0.25) is 5.88 Å². The second-order valence-corrected chi connectivity index (χ2v) is 5.68. The Hall–Kier alpha value is -3.67. The Labute approximate surface area is 149 Å². The molecule has 0 aliphatic carbocycles. The van der Waals surface area contributed by atoms with Crippen LogP contribution in [0.25, 0.3) is 10.8 Å². The van der Waals surface area contributed by atoms with Gasteiger partial charge in [-0.25, -0.2) is 9.37 Å². The topological polar surface area (TPSA) is 73.1 Å². The molecule has 26 heavy (non-hydrogen) atoms. The number of nitrogens with two attached hydrogens (primary N) is 1. The molecule has 0 fully saturated rings. The first-order valence-corrected chi connectivity index (χ1v) is 7.99. The van der Waals surface area contributed by atoms with Crippen LogP contribution in [0, 0.1) is 5.82 Å². The molecule has 5 nitrogen and oxygen atoms in total. The molecule has 4 rings (SSSR count). The van der Waals surface area contributed by atoms with Gasteiger partial charge >= 0.3 is 0 Å². The summed E-state index contributed by atoms with van der Waals surface area (Å²) in [6, 6.07) is 19.6. The van der Waals surface area contributed by atoms with Crippen LogP contribution in [0.1, 0.15) is 0 Å². The van der Waals surface area contributed by atoms with E-state index in [0.717, 1.165) is 10.8 Å². The van der Waals surface area contributed by atoms with Crippen LogP contribution in [0.15, 0.2) is 73.1 Å². The first kappa shape index (κ1) is 15.8. The molecule has 0 atom stereocenters. The number of aromatic nitrogens is 2. The molecule has 0 amide bonds. The summed E-state index contributed by atoms with van der Waals surface area (Å²) in [6.45, 7) is 0. The van der Waals surface area contributed by atoms with Gasteiger partial charge in [-0.15, -0.1) is 0 Å². The van der Waals surface area contributed by atoms with Crippen LogP contribution in [-0.4, -0.2) is 9.97 Å². The molecule has 0 aliphatic rings. The molecule has 0 radical (unpaired) electrons. The normalized spacial score (nSPS) is 10.7. The number of nitrogens with zero attached hydrogens (tertiary/aromatic N) is 2. The number of anilines is 3. The van der Waals surface area contributed by atoms with Gasteiger partial charge in [-0.1, -0.05) is 30.3 Å². The van der Waals surface area contributed by atoms with Crippen molar-refractivity contribution >= 4 is 28.0 Å². The van der Waals surface area contributed by atoms with Crippen LogP contribution in [0.5, 0.6) is 11.6 Å². The summed E-state index contributed by atoms with van der Waals surface area (Å²) in [4.78, 5) is 8.24. The summed E-state index contributed by atoms with van der Waals surface area (Å²) >= 11 is 0. The first-order valence-electron chi connectivity index (χ1n) is 7.99. The lowest BCUT2D eigenvalue weighted by Crippen LogP contribution is -2.03. The number of benzene rings is 3. The highest BCUT2D eigenvalue weighted by Crippen LogP contribution is 2.32. The average Bonchev–Trinajstić information content (AvgIpc) is 2.67. The minimum Gasteiger partial charge on any atom is -0.437 e. The Bertz CT molecular complexity index is 1070. The standard InChI is InChI=1S/C20H15FN4O/c21-15-6-8-16(9-7-15)25-19-18(22)20(24-12-23-19)26-17-10-5-13-3-1-2-4-14(13)11-17/h1-12H,22H2,(H,23,24,25). The third kappa shape index (κ3) is 3.25. The number of nitrogen functional groups attached to an aromatic ring is 1. The molecule has 6 heteroatoms. The maximum Gasteiger partial charge on any atom is 0.248 e. The Morgan fingerprint density at radius 3 is 2.46 bits per heavy atom. The molecule has 1 heterocycles. The van der Waals surface area contributed by atoms with E-state index in [1.165, 1.54) is 18.5 Å². The predicted molar refractivity (Wildman–Crippen MR) is 100 cm³/mol. The molecule has 0 spiro atoms. The molecule has 3 aromatic carbocycles. The van der Waals surface area contributed by atoms with E-state index in [1.807, 2.05) is 42.5 Å². The lowest BCUT2D eigenvalue weighted by molar-refractivity contribution is 0.465. The van der Waals surface area contributed by atoms with Gasteiger partial charge < -0.3 is 15.8 Å². The molecular formula is C20H15FN4O. The van der Waals surface area contributed by atoms with Crippen molar-refractivity contribution in [2.45, 2.75) is 0 Å². The number of halogens is 1. The van der Waals surface area contributed by atoms with Crippen LogP contribution >= 0.6 is 0 Å². The van der Waals surface area contributed by atoms with E-state index >= 15 is 0 Å². The van der Waals surface area contributed by atoms with Crippen LogP contribution in [0.2, 0.25) is 0 Å². The molecule has 0 saturated carbocycles. The molecular weight excluding hydrogens is 331 g/mol. The van der Waals surface area contributed by atoms with E-state index in [1.54, 1.807) is 12.1 Å². The van der Waals surface area contributed by atoms with E-state index in [9.17, 15) is 4.39 Å². The molecule has 0 aliphatic heterocycles. The third-order valence-corrected chi connectivity index (χ3v) is 3.89. The molecule has 128 valence electrons. The van der Waals surface area contributed by atoms with Gasteiger partial charge in [0.15, 0.2) is 5.82 Å². The molecule has 1 aromatic heterocycles. The number of ether oxygens (including phenoxy) is 1. The van der Waals surface area contributed by atoms with E-state index in [0.29, 0.717) is 17.3 Å². The van der Waals surface area contributed by atoms with Crippen LogP contribution in [0.3, 0.4) is 0 Å². The van der Waals surface area contributed by atoms with Crippen molar-refractivity contribution in [3.8, 4) is 11.6 Å². The highest BCUT2D eigenvalue weighted by atomic mass is 19.1. The quantitative estimate of drug-likeness (QED) is 0.550. The zero-order valence-electron chi connectivity index (χ0n) is 13.7. The number of fused-ring (bicyclic) bond motifs is 1. The van der Waals surface area contributed by atoms with Crippen molar-refractivity contribution in [3.05, 3.63) is 78.9 Å². The number of nitrogens with one attached hydrogen (secondary N) is 1. The summed E-state index contributed by atoms with van der Waals surface area (Å²) in [6.07, 6.45) is 1.36. The van der Waals surface area contributed by atoms with Crippen molar-refractivity contribution < 1.29 is 9.13 Å². The highest BCUT2D eigenvalue weighted by molar-refractivity contribution is 5.84. The summed E-state index contributed by atoms with van der Waals surface area (Å²) < 4.78 is 18.9. The lowest BCUT2D eigenvalue weighted by Gasteiger charge is -2.12. The van der Waals surface area contributed by atoms with Crippen molar-refractivity contribution in [3.63, 3.8) is 0 Å². The molecule has 4 aromatic rings. The fourth-order valence-electron chi connectivity index (χ4n) is 2.57. The van der Waals surface area contributed by atoms with E-state index in [-0.39, 0.29) is 17.4 Å². The second kappa shape index (κ2) is 6.68. The summed E-state index contributed by atoms with van der Waals surface area (Å²) in [7, 11) is 0. The van der Waals surface area contributed by atoms with Gasteiger partial charge in [-0.05, 0) is 47.2 Å². The largest absolute Gasteiger partial charge is 0.437 e. The van der Waals surface area contributed by atoms with Gasteiger partial charge in [-0.3, -0.25) is 0 Å². The van der Waals surface area contributed by atoms with E-state index in [4.69, 9.17) is 10.5 Å². The van der Waals surface area contributed by atoms with E-state index in [2.05, 4.69) is 15.3 Å². The minimum absolute atomic E-state index is 0.250. The maximum absolute atomic E-state index is 13.0. The first-order chi connectivity index (χ1) is 12.7. The smallest absolute Gasteiger partial charge is 0.248 e. The minimum atomic E-state index is -0.313. The maximum atomic E-state index is 13.0. The van der Waals surface area contributed by atoms with Gasteiger partial charge in [0, 0.05) is 5.69 Å². The predicted octanol–water partition coefficient (Wildman–Crippen LogP) is 4.89. The summed E-state index contributed by atoms with van der Waals surface area (Å²) in [5, 5.41) is 5.21. The Balaban J connectivity index is 1.61. The van der Waals surface area contributed by atoms with Crippen LogP contribution < -0.4 is 15.8 Å². The van der Waals surface area contributed by atoms with Crippen molar-refractivity contribution in [2.24, 2.45) is 0 Å². The van der Waals surface area contributed by atoms with Gasteiger partial charge in [0.25, 0.3) is 0 Å². The van der Waals surface area contributed by atoms with Crippen molar-refractivity contribution in [1.82, 2.24) is 9.97 Å². The summed E-state index contributed by atoms with van der Waals surface area (Å²) in [5.41, 5.74) is 7.06. The summed E-state index contributed by atoms with van der Waals surface area (Å²) in [5.74, 6) is 0.954.